The van der Waals surface area contributed by atoms with Gasteiger partial charge in [0.05, 0.1) is 5.60 Å². The van der Waals surface area contributed by atoms with E-state index < -0.39 is 5.60 Å². The summed E-state index contributed by atoms with van der Waals surface area (Å²) in [5, 5.41) is 10.8. The van der Waals surface area contributed by atoms with Gasteiger partial charge in [0.25, 0.3) is 0 Å². The standard InChI is InChI=1S/C15H20BrNOS/c16-13-3-1-12(2-4-13)15(18)6-8-17(9-7-15)14-5-10-19-11-14/h1-4,14,18H,5-11H2. The van der Waals surface area contributed by atoms with E-state index in [1.807, 2.05) is 24.3 Å². The predicted octanol–water partition coefficient (Wildman–Crippen LogP) is 3.24. The van der Waals surface area contributed by atoms with Crippen LogP contribution >= 0.6 is 27.7 Å². The van der Waals surface area contributed by atoms with Crippen LogP contribution in [0, 0.1) is 0 Å². The van der Waals surface area contributed by atoms with E-state index in [9.17, 15) is 5.11 Å². The molecule has 1 aromatic rings. The molecule has 2 nitrogen and oxygen atoms in total. The number of piperidine rings is 1. The summed E-state index contributed by atoms with van der Waals surface area (Å²) in [4.78, 5) is 2.58. The number of halogens is 1. The third-order valence-electron chi connectivity index (χ3n) is 4.43. The highest BCUT2D eigenvalue weighted by molar-refractivity contribution is 9.10. The van der Waals surface area contributed by atoms with Gasteiger partial charge in [0.15, 0.2) is 0 Å². The molecule has 1 unspecified atom stereocenters. The highest BCUT2D eigenvalue weighted by Gasteiger charge is 2.36. The molecule has 0 bridgehead atoms. The third-order valence-corrected chi connectivity index (χ3v) is 6.10. The van der Waals surface area contributed by atoms with Crippen molar-refractivity contribution in [2.75, 3.05) is 24.6 Å². The lowest BCUT2D eigenvalue weighted by molar-refractivity contribution is -0.0333. The van der Waals surface area contributed by atoms with Crippen LogP contribution in [0.1, 0.15) is 24.8 Å². The Kier molecular flexibility index (Phi) is 4.22. The van der Waals surface area contributed by atoms with E-state index in [0.29, 0.717) is 0 Å². The molecular formula is C15H20BrNOS. The van der Waals surface area contributed by atoms with Gasteiger partial charge < -0.3 is 5.11 Å². The highest BCUT2D eigenvalue weighted by atomic mass is 79.9. The lowest BCUT2D eigenvalue weighted by Crippen LogP contribution is -2.47. The summed E-state index contributed by atoms with van der Waals surface area (Å²) in [7, 11) is 0. The Morgan fingerprint density at radius 3 is 2.47 bits per heavy atom. The molecule has 2 saturated heterocycles. The summed E-state index contributed by atoms with van der Waals surface area (Å²) in [6.07, 6.45) is 3.03. The van der Waals surface area contributed by atoms with Gasteiger partial charge in [-0.2, -0.15) is 11.8 Å². The van der Waals surface area contributed by atoms with Crippen LogP contribution in [0.25, 0.3) is 0 Å². The van der Waals surface area contributed by atoms with Crippen LogP contribution in [0.15, 0.2) is 28.7 Å². The van der Waals surface area contributed by atoms with Gasteiger partial charge in [-0.3, -0.25) is 4.90 Å². The minimum absolute atomic E-state index is 0.622. The maximum atomic E-state index is 10.8. The summed E-state index contributed by atoms with van der Waals surface area (Å²) in [6.45, 7) is 2.05. The van der Waals surface area contributed by atoms with Gasteiger partial charge in [0.1, 0.15) is 0 Å². The number of rotatable bonds is 2. The fourth-order valence-corrected chi connectivity index (χ4v) is 4.64. The summed E-state index contributed by atoms with van der Waals surface area (Å²) in [5.41, 5.74) is 0.444. The maximum absolute atomic E-state index is 10.8. The molecule has 19 heavy (non-hydrogen) atoms. The van der Waals surface area contributed by atoms with E-state index in [4.69, 9.17) is 0 Å². The fraction of sp³-hybridized carbons (Fsp3) is 0.600. The summed E-state index contributed by atoms with van der Waals surface area (Å²) >= 11 is 5.51. The number of benzene rings is 1. The van der Waals surface area contributed by atoms with E-state index in [2.05, 4.69) is 32.6 Å². The van der Waals surface area contributed by atoms with Gasteiger partial charge in [-0.05, 0) is 42.7 Å². The van der Waals surface area contributed by atoms with Crippen molar-refractivity contribution in [3.05, 3.63) is 34.3 Å². The molecular weight excluding hydrogens is 322 g/mol. The Hall–Kier alpha value is -0.0300. The normalized spacial score (nSPS) is 27.6. The molecule has 1 atom stereocenters. The van der Waals surface area contributed by atoms with Crippen LogP contribution in [0.4, 0.5) is 0 Å². The summed E-state index contributed by atoms with van der Waals surface area (Å²) in [5.74, 6) is 2.58. The highest BCUT2D eigenvalue weighted by Crippen LogP contribution is 2.35. The Labute approximate surface area is 127 Å². The van der Waals surface area contributed by atoms with Crippen LogP contribution < -0.4 is 0 Å². The lowest BCUT2D eigenvalue weighted by atomic mass is 9.84. The Balaban J connectivity index is 1.66. The van der Waals surface area contributed by atoms with Gasteiger partial charge in [0.2, 0.25) is 0 Å². The fourth-order valence-electron chi connectivity index (χ4n) is 3.12. The van der Waals surface area contributed by atoms with Crippen molar-refractivity contribution in [3.8, 4) is 0 Å². The zero-order chi connectivity index (χ0) is 13.3. The van der Waals surface area contributed by atoms with Crippen molar-refractivity contribution < 1.29 is 5.11 Å². The van der Waals surface area contributed by atoms with Crippen LogP contribution in [-0.2, 0) is 5.60 Å². The number of nitrogens with zero attached hydrogens (tertiary/aromatic N) is 1. The Bertz CT molecular complexity index is 422. The number of thioether (sulfide) groups is 1. The van der Waals surface area contributed by atoms with Crippen molar-refractivity contribution in [3.63, 3.8) is 0 Å². The summed E-state index contributed by atoms with van der Waals surface area (Å²) in [6, 6.07) is 8.89. The van der Waals surface area contributed by atoms with E-state index >= 15 is 0 Å². The first-order valence-corrected chi connectivity index (χ1v) is 8.92. The second-order valence-electron chi connectivity index (χ2n) is 5.59. The molecule has 1 N–H and O–H groups in total. The SMILES string of the molecule is OC1(c2ccc(Br)cc2)CCN(C2CCSC2)CC1. The zero-order valence-corrected chi connectivity index (χ0v) is 13.4. The van der Waals surface area contributed by atoms with Gasteiger partial charge in [-0.25, -0.2) is 0 Å². The second kappa shape index (κ2) is 5.76. The largest absolute Gasteiger partial charge is 0.385 e. The maximum Gasteiger partial charge on any atom is 0.0920 e. The predicted molar refractivity (Wildman–Crippen MR) is 84.6 cm³/mol. The first-order valence-electron chi connectivity index (χ1n) is 6.98. The Morgan fingerprint density at radius 1 is 1.21 bits per heavy atom. The molecule has 2 aliphatic heterocycles. The minimum Gasteiger partial charge on any atom is -0.385 e. The minimum atomic E-state index is -0.622. The van der Waals surface area contributed by atoms with Crippen molar-refractivity contribution in [1.29, 1.82) is 0 Å². The molecule has 0 radical (unpaired) electrons. The number of hydrogen-bond acceptors (Lipinski definition) is 3. The molecule has 2 aliphatic rings. The molecule has 1 aromatic carbocycles. The van der Waals surface area contributed by atoms with E-state index in [0.717, 1.165) is 42.0 Å². The molecule has 2 fully saturated rings. The van der Waals surface area contributed by atoms with Gasteiger partial charge in [-0.15, -0.1) is 0 Å². The first-order chi connectivity index (χ1) is 9.17. The molecule has 3 rings (SSSR count). The molecule has 0 saturated carbocycles. The smallest absolute Gasteiger partial charge is 0.0920 e. The van der Waals surface area contributed by atoms with Crippen molar-refractivity contribution in [2.24, 2.45) is 0 Å². The molecule has 0 aromatic heterocycles. The second-order valence-corrected chi connectivity index (χ2v) is 7.66. The number of aliphatic hydroxyl groups is 1. The molecule has 0 aliphatic carbocycles. The molecule has 104 valence electrons. The van der Waals surface area contributed by atoms with Crippen LogP contribution in [0.3, 0.4) is 0 Å². The van der Waals surface area contributed by atoms with Gasteiger partial charge in [-0.1, -0.05) is 28.1 Å². The van der Waals surface area contributed by atoms with Crippen molar-refractivity contribution >= 4 is 27.7 Å². The van der Waals surface area contributed by atoms with Crippen LogP contribution in [0.2, 0.25) is 0 Å². The number of likely N-dealkylation sites (tertiary alicyclic amines) is 1. The summed E-state index contributed by atoms with van der Waals surface area (Å²) < 4.78 is 1.07. The van der Waals surface area contributed by atoms with Gasteiger partial charge in [0, 0.05) is 29.4 Å². The monoisotopic (exact) mass is 341 g/mol. The van der Waals surface area contributed by atoms with Gasteiger partial charge >= 0.3 is 0 Å². The van der Waals surface area contributed by atoms with E-state index in [1.54, 1.807) is 0 Å². The Morgan fingerprint density at radius 2 is 1.89 bits per heavy atom. The third kappa shape index (κ3) is 3.02. The van der Waals surface area contributed by atoms with Crippen LogP contribution in [-0.4, -0.2) is 40.6 Å². The van der Waals surface area contributed by atoms with E-state index in [1.165, 1.54) is 17.9 Å². The zero-order valence-electron chi connectivity index (χ0n) is 11.0. The van der Waals surface area contributed by atoms with Crippen LogP contribution in [0.5, 0.6) is 0 Å². The topological polar surface area (TPSA) is 23.5 Å². The van der Waals surface area contributed by atoms with Crippen molar-refractivity contribution in [1.82, 2.24) is 4.90 Å². The molecule has 4 heteroatoms. The average Bonchev–Trinajstić information content (AvgIpc) is 2.94. The van der Waals surface area contributed by atoms with Crippen molar-refractivity contribution in [2.45, 2.75) is 30.9 Å². The molecule has 0 spiro atoms. The number of hydrogen-bond donors (Lipinski definition) is 1. The average molecular weight is 342 g/mol. The molecule has 0 amide bonds. The van der Waals surface area contributed by atoms with E-state index in [-0.39, 0.29) is 0 Å². The molecule has 2 heterocycles. The lowest BCUT2D eigenvalue weighted by Gasteiger charge is -2.41. The quantitative estimate of drug-likeness (QED) is 0.893. The first kappa shape index (κ1) is 13.9.